The van der Waals surface area contributed by atoms with Gasteiger partial charge in [0, 0.05) is 18.9 Å². The first-order valence-corrected chi connectivity index (χ1v) is 7.00. The standard InChI is InChI=1S/C12H23N7O5/c13-6(2-1-3-17-12(15)16)11(24)18-5-8(20)19-7(10(14)23)4-9(21)22/h6-7H,1-5,13H2,(H2,14,23)(H,18,24)(H,19,20)(H,21,22)(H4,15,16,17)/p-1. The van der Waals surface area contributed by atoms with Crippen LogP contribution in [0.1, 0.15) is 19.3 Å². The fraction of sp³-hybridized carbons (Fsp3) is 0.583. The molecule has 0 aromatic rings. The van der Waals surface area contributed by atoms with Gasteiger partial charge in [-0.1, -0.05) is 0 Å². The van der Waals surface area contributed by atoms with Crippen LogP contribution >= 0.6 is 0 Å². The number of hydrogen-bond donors (Lipinski definition) is 6. The Bertz CT molecular complexity index is 504. The van der Waals surface area contributed by atoms with Crippen molar-refractivity contribution in [1.29, 1.82) is 0 Å². The minimum atomic E-state index is -1.55. The van der Waals surface area contributed by atoms with E-state index in [1.165, 1.54) is 0 Å². The Morgan fingerprint density at radius 3 is 2.25 bits per heavy atom. The van der Waals surface area contributed by atoms with Crippen molar-refractivity contribution < 1.29 is 24.3 Å². The van der Waals surface area contributed by atoms with Crippen LogP contribution in [0.2, 0.25) is 0 Å². The number of hydrogen-bond acceptors (Lipinski definition) is 7. The second-order valence-electron chi connectivity index (χ2n) is 4.87. The van der Waals surface area contributed by atoms with E-state index in [1.807, 2.05) is 0 Å². The molecule has 0 rings (SSSR count). The third-order valence-corrected chi connectivity index (χ3v) is 2.78. The molecule has 0 heterocycles. The molecule has 0 aliphatic rings. The van der Waals surface area contributed by atoms with Gasteiger partial charge in [0.25, 0.3) is 0 Å². The summed E-state index contributed by atoms with van der Waals surface area (Å²) in [4.78, 5) is 48.4. The van der Waals surface area contributed by atoms with E-state index in [2.05, 4.69) is 15.6 Å². The van der Waals surface area contributed by atoms with Crippen LogP contribution in [0.3, 0.4) is 0 Å². The summed E-state index contributed by atoms with van der Waals surface area (Å²) in [5.74, 6) is -4.03. The highest BCUT2D eigenvalue weighted by atomic mass is 16.4. The third-order valence-electron chi connectivity index (χ3n) is 2.78. The number of primary amides is 1. The van der Waals surface area contributed by atoms with E-state index in [0.717, 1.165) is 0 Å². The Morgan fingerprint density at radius 1 is 1.12 bits per heavy atom. The van der Waals surface area contributed by atoms with Crippen LogP contribution in [0.25, 0.3) is 0 Å². The van der Waals surface area contributed by atoms with E-state index < -0.39 is 48.7 Å². The van der Waals surface area contributed by atoms with Crippen molar-refractivity contribution in [3.05, 3.63) is 0 Å². The van der Waals surface area contributed by atoms with Gasteiger partial charge < -0.3 is 43.5 Å². The highest BCUT2D eigenvalue weighted by molar-refractivity contribution is 5.92. The maximum atomic E-state index is 11.7. The summed E-state index contributed by atoms with van der Waals surface area (Å²) in [6, 6.07) is -2.30. The number of nitrogens with zero attached hydrogens (tertiary/aromatic N) is 1. The summed E-state index contributed by atoms with van der Waals surface area (Å²) >= 11 is 0. The van der Waals surface area contributed by atoms with E-state index >= 15 is 0 Å². The van der Waals surface area contributed by atoms with Crippen molar-refractivity contribution in [1.82, 2.24) is 10.6 Å². The quantitative estimate of drug-likeness (QED) is 0.120. The van der Waals surface area contributed by atoms with Crippen LogP contribution in [0.15, 0.2) is 4.99 Å². The van der Waals surface area contributed by atoms with Crippen molar-refractivity contribution in [2.75, 3.05) is 13.1 Å². The van der Waals surface area contributed by atoms with Crippen molar-refractivity contribution in [2.45, 2.75) is 31.3 Å². The SMILES string of the molecule is NC(=O)C(CC(=O)[O-])NC(=O)CNC(=O)C(N)CCCN=C(N)N. The lowest BCUT2D eigenvalue weighted by atomic mass is 10.1. The Labute approximate surface area is 138 Å². The molecule has 12 heteroatoms. The lowest BCUT2D eigenvalue weighted by molar-refractivity contribution is -0.306. The number of carboxylic acid groups (broad SMARTS) is 1. The average Bonchev–Trinajstić information content (AvgIpc) is 2.47. The van der Waals surface area contributed by atoms with Crippen LogP contribution in [0.5, 0.6) is 0 Å². The molecule has 0 fully saturated rings. The van der Waals surface area contributed by atoms with Gasteiger partial charge in [-0.2, -0.15) is 0 Å². The third kappa shape index (κ3) is 9.94. The van der Waals surface area contributed by atoms with Crippen molar-refractivity contribution in [2.24, 2.45) is 27.9 Å². The predicted octanol–water partition coefficient (Wildman–Crippen LogP) is -5.41. The van der Waals surface area contributed by atoms with Crippen molar-refractivity contribution >= 4 is 29.7 Å². The number of carboxylic acids is 1. The zero-order valence-electron chi connectivity index (χ0n) is 13.0. The number of nitrogens with two attached hydrogens (primary N) is 4. The van der Waals surface area contributed by atoms with E-state index in [0.29, 0.717) is 19.4 Å². The minimum Gasteiger partial charge on any atom is -0.550 e. The Kier molecular flexibility index (Phi) is 9.48. The molecule has 0 spiro atoms. The van der Waals surface area contributed by atoms with Gasteiger partial charge in [0.15, 0.2) is 5.96 Å². The summed E-state index contributed by atoms with van der Waals surface area (Å²) in [5, 5.41) is 14.8. The highest BCUT2D eigenvalue weighted by Crippen LogP contribution is 1.95. The van der Waals surface area contributed by atoms with Gasteiger partial charge in [-0.3, -0.25) is 19.4 Å². The predicted molar refractivity (Wildman–Crippen MR) is 81.6 cm³/mol. The molecular formula is C12H22N7O5-. The topological polar surface area (TPSA) is 232 Å². The normalized spacial score (nSPS) is 12.5. The molecule has 0 aliphatic heterocycles. The summed E-state index contributed by atoms with van der Waals surface area (Å²) in [6.07, 6.45) is -0.00774. The second-order valence-corrected chi connectivity index (χ2v) is 4.87. The number of guanidine groups is 1. The molecule has 0 aliphatic carbocycles. The molecule has 24 heavy (non-hydrogen) atoms. The lowest BCUT2D eigenvalue weighted by Crippen LogP contribution is -2.51. The number of aliphatic imine (C=N–C) groups is 1. The van der Waals surface area contributed by atoms with Gasteiger partial charge in [-0.15, -0.1) is 0 Å². The molecule has 3 amide bonds. The molecular weight excluding hydrogens is 322 g/mol. The maximum Gasteiger partial charge on any atom is 0.240 e. The zero-order chi connectivity index (χ0) is 18.7. The van der Waals surface area contributed by atoms with E-state index in [-0.39, 0.29) is 5.96 Å². The number of rotatable bonds is 11. The zero-order valence-corrected chi connectivity index (χ0v) is 13.0. The molecule has 12 nitrogen and oxygen atoms in total. The molecule has 2 unspecified atom stereocenters. The second kappa shape index (κ2) is 10.8. The van der Waals surface area contributed by atoms with Crippen molar-refractivity contribution in [3.8, 4) is 0 Å². The van der Waals surface area contributed by atoms with E-state index in [9.17, 15) is 24.3 Å². The smallest absolute Gasteiger partial charge is 0.240 e. The van der Waals surface area contributed by atoms with Gasteiger partial charge in [0.05, 0.1) is 12.6 Å². The molecule has 0 radical (unpaired) electrons. The van der Waals surface area contributed by atoms with Gasteiger partial charge in [-0.25, -0.2) is 0 Å². The van der Waals surface area contributed by atoms with Gasteiger partial charge >= 0.3 is 0 Å². The van der Waals surface area contributed by atoms with E-state index in [1.54, 1.807) is 0 Å². The number of carbonyl (C=O) groups is 4. The summed E-state index contributed by atoms with van der Waals surface area (Å²) < 4.78 is 0. The Morgan fingerprint density at radius 2 is 1.75 bits per heavy atom. The summed E-state index contributed by atoms with van der Waals surface area (Å²) in [6.45, 7) is -0.176. The molecule has 2 atom stereocenters. The maximum absolute atomic E-state index is 11.7. The van der Waals surface area contributed by atoms with Crippen LogP contribution < -0.4 is 38.7 Å². The fourth-order valence-corrected chi connectivity index (χ4v) is 1.58. The average molecular weight is 344 g/mol. The summed E-state index contributed by atoms with van der Waals surface area (Å²) in [5.41, 5.74) is 20.8. The van der Waals surface area contributed by atoms with Gasteiger partial charge in [0.1, 0.15) is 6.04 Å². The molecule has 0 bridgehead atoms. The molecule has 0 saturated carbocycles. The van der Waals surface area contributed by atoms with Crippen LogP contribution in [-0.2, 0) is 19.2 Å². The first-order valence-electron chi connectivity index (χ1n) is 7.00. The van der Waals surface area contributed by atoms with E-state index in [4.69, 9.17) is 22.9 Å². The van der Waals surface area contributed by atoms with Gasteiger partial charge in [0.2, 0.25) is 17.7 Å². The number of carbonyl (C=O) groups excluding carboxylic acids is 4. The first-order chi connectivity index (χ1) is 11.1. The van der Waals surface area contributed by atoms with Crippen molar-refractivity contribution in [3.63, 3.8) is 0 Å². The largest absolute Gasteiger partial charge is 0.550 e. The highest BCUT2D eigenvalue weighted by Gasteiger charge is 2.19. The fourth-order valence-electron chi connectivity index (χ4n) is 1.58. The molecule has 0 saturated heterocycles. The van der Waals surface area contributed by atoms with Crippen LogP contribution in [0.4, 0.5) is 0 Å². The number of nitrogens with one attached hydrogen (secondary N) is 2. The lowest BCUT2D eigenvalue weighted by Gasteiger charge is -2.17. The first kappa shape index (κ1) is 21.1. The monoisotopic (exact) mass is 344 g/mol. The molecule has 136 valence electrons. The molecule has 0 aromatic carbocycles. The minimum absolute atomic E-state index is 0.0646. The van der Waals surface area contributed by atoms with Crippen LogP contribution in [-0.4, -0.2) is 54.8 Å². The Hall–Kier alpha value is -2.89. The number of amides is 3. The number of aliphatic carboxylic acids is 1. The Balaban J connectivity index is 4.19. The summed E-state index contributed by atoms with van der Waals surface area (Å²) in [7, 11) is 0. The molecule has 10 N–H and O–H groups in total. The molecule has 0 aromatic heterocycles. The van der Waals surface area contributed by atoms with Crippen LogP contribution in [0, 0.1) is 0 Å². The van der Waals surface area contributed by atoms with Gasteiger partial charge in [-0.05, 0) is 12.8 Å².